The van der Waals surface area contributed by atoms with Crippen LogP contribution < -0.4 is 10.1 Å². The molecular formula is C20H21N3O3. The number of hydrogen-bond donors (Lipinski definition) is 1. The highest BCUT2D eigenvalue weighted by molar-refractivity contribution is 5.76. The second-order valence-electron chi connectivity index (χ2n) is 5.82. The number of nitrogens with zero attached hydrogens (tertiary/aromatic N) is 2. The van der Waals surface area contributed by atoms with Crippen molar-refractivity contribution >= 4 is 5.91 Å². The van der Waals surface area contributed by atoms with Gasteiger partial charge in [0.05, 0.1) is 7.11 Å². The molecule has 1 aromatic heterocycles. The Hall–Kier alpha value is -3.15. The number of nitrogens with one attached hydrogen (secondary N) is 1. The molecule has 1 heterocycles. The summed E-state index contributed by atoms with van der Waals surface area (Å²) in [6.45, 7) is 0.613. The summed E-state index contributed by atoms with van der Waals surface area (Å²) in [5.41, 5.74) is 1.99. The number of aromatic nitrogens is 2. The summed E-state index contributed by atoms with van der Waals surface area (Å²) in [5, 5.41) is 11.0. The molecular weight excluding hydrogens is 330 g/mol. The lowest BCUT2D eigenvalue weighted by Crippen LogP contribution is -2.25. The van der Waals surface area contributed by atoms with Gasteiger partial charge in [-0.1, -0.05) is 36.4 Å². The van der Waals surface area contributed by atoms with Crippen molar-refractivity contribution in [2.75, 3.05) is 13.7 Å². The topological polar surface area (TPSA) is 77.2 Å². The van der Waals surface area contributed by atoms with E-state index in [1.807, 2.05) is 54.6 Å². The van der Waals surface area contributed by atoms with Gasteiger partial charge < -0.3 is 14.5 Å². The lowest BCUT2D eigenvalue weighted by molar-refractivity contribution is -0.121. The van der Waals surface area contributed by atoms with Gasteiger partial charge in [-0.15, -0.1) is 10.2 Å². The molecule has 0 aliphatic heterocycles. The van der Waals surface area contributed by atoms with Gasteiger partial charge in [-0.2, -0.15) is 0 Å². The molecule has 0 aliphatic carbocycles. The maximum atomic E-state index is 11.9. The molecule has 2 aromatic carbocycles. The van der Waals surface area contributed by atoms with E-state index < -0.39 is 0 Å². The SMILES string of the molecule is COc1cccc(-c2nnc(CCC(=O)NCCc3ccccc3)o2)c1. The van der Waals surface area contributed by atoms with Crippen LogP contribution in [0.1, 0.15) is 17.9 Å². The summed E-state index contributed by atoms with van der Waals surface area (Å²) in [6.07, 6.45) is 1.54. The van der Waals surface area contributed by atoms with E-state index in [-0.39, 0.29) is 5.91 Å². The van der Waals surface area contributed by atoms with Crippen LogP contribution >= 0.6 is 0 Å². The van der Waals surface area contributed by atoms with E-state index in [0.29, 0.717) is 31.2 Å². The zero-order valence-electron chi connectivity index (χ0n) is 14.6. The monoisotopic (exact) mass is 351 g/mol. The van der Waals surface area contributed by atoms with Gasteiger partial charge in [0.2, 0.25) is 17.7 Å². The molecule has 0 fully saturated rings. The highest BCUT2D eigenvalue weighted by Crippen LogP contribution is 2.22. The first-order chi connectivity index (χ1) is 12.7. The molecule has 0 atom stereocenters. The number of benzene rings is 2. The van der Waals surface area contributed by atoms with Gasteiger partial charge in [0.1, 0.15) is 5.75 Å². The van der Waals surface area contributed by atoms with Crippen LogP contribution in [0.3, 0.4) is 0 Å². The first kappa shape index (κ1) is 17.7. The van der Waals surface area contributed by atoms with E-state index in [1.54, 1.807) is 7.11 Å². The van der Waals surface area contributed by atoms with Gasteiger partial charge in [-0.3, -0.25) is 4.79 Å². The van der Waals surface area contributed by atoms with Crippen molar-refractivity contribution < 1.29 is 13.9 Å². The van der Waals surface area contributed by atoms with E-state index in [0.717, 1.165) is 17.7 Å². The Kier molecular flexibility index (Phi) is 5.98. The van der Waals surface area contributed by atoms with Gasteiger partial charge >= 0.3 is 0 Å². The second-order valence-corrected chi connectivity index (χ2v) is 5.82. The zero-order chi connectivity index (χ0) is 18.2. The maximum absolute atomic E-state index is 11.9. The summed E-state index contributed by atoms with van der Waals surface area (Å²) in [6, 6.07) is 17.5. The Labute approximate surface area is 152 Å². The van der Waals surface area contributed by atoms with Crippen LogP contribution in [0.25, 0.3) is 11.5 Å². The average Bonchev–Trinajstić information content (AvgIpc) is 3.16. The molecule has 0 saturated carbocycles. The summed E-state index contributed by atoms with van der Waals surface area (Å²) < 4.78 is 10.8. The van der Waals surface area contributed by atoms with Crippen molar-refractivity contribution in [2.45, 2.75) is 19.3 Å². The number of carbonyl (C=O) groups excluding carboxylic acids is 1. The van der Waals surface area contributed by atoms with Crippen molar-refractivity contribution in [3.8, 4) is 17.2 Å². The highest BCUT2D eigenvalue weighted by Gasteiger charge is 2.11. The number of hydrogen-bond acceptors (Lipinski definition) is 5. The third kappa shape index (κ3) is 4.92. The van der Waals surface area contributed by atoms with Crippen molar-refractivity contribution in [1.82, 2.24) is 15.5 Å². The minimum atomic E-state index is -0.0259. The minimum absolute atomic E-state index is 0.0259. The van der Waals surface area contributed by atoms with Crippen molar-refractivity contribution in [1.29, 1.82) is 0 Å². The molecule has 0 unspecified atom stereocenters. The predicted octanol–water partition coefficient (Wildman–Crippen LogP) is 3.04. The Bertz CT molecular complexity index is 846. The standard InChI is InChI=1S/C20H21N3O3/c1-25-17-9-5-8-16(14-17)20-23-22-19(26-20)11-10-18(24)21-13-12-15-6-3-2-4-7-15/h2-9,14H,10-13H2,1H3,(H,21,24). The fraction of sp³-hybridized carbons (Fsp3) is 0.250. The lowest BCUT2D eigenvalue weighted by atomic mass is 10.1. The Morgan fingerprint density at radius 1 is 1.08 bits per heavy atom. The maximum Gasteiger partial charge on any atom is 0.247 e. The molecule has 134 valence electrons. The van der Waals surface area contributed by atoms with E-state index in [9.17, 15) is 4.79 Å². The predicted molar refractivity (Wildman–Crippen MR) is 97.8 cm³/mol. The number of amides is 1. The Balaban J connectivity index is 1.46. The molecule has 26 heavy (non-hydrogen) atoms. The van der Waals surface area contributed by atoms with Crippen LogP contribution in [-0.2, 0) is 17.6 Å². The van der Waals surface area contributed by atoms with Crippen LogP contribution in [-0.4, -0.2) is 29.8 Å². The fourth-order valence-electron chi connectivity index (χ4n) is 2.53. The zero-order valence-corrected chi connectivity index (χ0v) is 14.6. The number of rotatable bonds is 8. The molecule has 0 spiro atoms. The summed E-state index contributed by atoms with van der Waals surface area (Å²) in [7, 11) is 1.61. The van der Waals surface area contributed by atoms with Crippen molar-refractivity contribution in [3.63, 3.8) is 0 Å². The van der Waals surface area contributed by atoms with Crippen LogP contribution in [0.4, 0.5) is 0 Å². The van der Waals surface area contributed by atoms with Crippen LogP contribution in [0.5, 0.6) is 5.75 Å². The number of methoxy groups -OCH3 is 1. The van der Waals surface area contributed by atoms with Gasteiger partial charge in [0.15, 0.2) is 0 Å². The molecule has 1 N–H and O–H groups in total. The Morgan fingerprint density at radius 3 is 2.73 bits per heavy atom. The molecule has 3 rings (SSSR count). The Morgan fingerprint density at radius 2 is 1.92 bits per heavy atom. The average molecular weight is 351 g/mol. The number of carbonyl (C=O) groups is 1. The molecule has 0 aliphatic rings. The van der Waals surface area contributed by atoms with E-state index in [4.69, 9.17) is 9.15 Å². The van der Waals surface area contributed by atoms with Crippen LogP contribution in [0.15, 0.2) is 59.0 Å². The smallest absolute Gasteiger partial charge is 0.247 e. The van der Waals surface area contributed by atoms with Crippen LogP contribution in [0, 0.1) is 0 Å². The third-order valence-electron chi connectivity index (χ3n) is 3.93. The molecule has 6 heteroatoms. The normalized spacial score (nSPS) is 10.5. The second kappa shape index (κ2) is 8.80. The molecule has 0 bridgehead atoms. The van der Waals surface area contributed by atoms with E-state index in [1.165, 1.54) is 5.56 Å². The van der Waals surface area contributed by atoms with E-state index in [2.05, 4.69) is 15.5 Å². The van der Waals surface area contributed by atoms with Crippen molar-refractivity contribution in [3.05, 3.63) is 66.1 Å². The van der Waals surface area contributed by atoms with Crippen LogP contribution in [0.2, 0.25) is 0 Å². The summed E-state index contributed by atoms with van der Waals surface area (Å²) in [5.74, 6) is 1.56. The highest BCUT2D eigenvalue weighted by atomic mass is 16.5. The van der Waals surface area contributed by atoms with Gasteiger partial charge in [0, 0.05) is 24.9 Å². The quantitative estimate of drug-likeness (QED) is 0.675. The molecule has 0 saturated heterocycles. The fourth-order valence-corrected chi connectivity index (χ4v) is 2.53. The van der Waals surface area contributed by atoms with Gasteiger partial charge in [-0.05, 0) is 30.2 Å². The largest absolute Gasteiger partial charge is 0.497 e. The summed E-state index contributed by atoms with van der Waals surface area (Å²) >= 11 is 0. The molecule has 6 nitrogen and oxygen atoms in total. The third-order valence-corrected chi connectivity index (χ3v) is 3.93. The molecule has 1 amide bonds. The lowest BCUT2D eigenvalue weighted by Gasteiger charge is -2.04. The summed E-state index contributed by atoms with van der Waals surface area (Å²) in [4.78, 5) is 11.9. The first-order valence-corrected chi connectivity index (χ1v) is 8.52. The molecule has 3 aromatic rings. The van der Waals surface area contributed by atoms with E-state index >= 15 is 0 Å². The van der Waals surface area contributed by atoms with Gasteiger partial charge in [-0.25, -0.2) is 0 Å². The van der Waals surface area contributed by atoms with Gasteiger partial charge in [0.25, 0.3) is 0 Å². The number of aryl methyl sites for hydroxylation is 1. The van der Waals surface area contributed by atoms with Crippen molar-refractivity contribution in [2.24, 2.45) is 0 Å². The number of ether oxygens (including phenoxy) is 1. The minimum Gasteiger partial charge on any atom is -0.497 e. The molecule has 0 radical (unpaired) electrons. The first-order valence-electron chi connectivity index (χ1n) is 8.52.